The molecule has 4 rings (SSSR count). The van der Waals surface area contributed by atoms with E-state index in [2.05, 4.69) is 27.7 Å². The number of carbonyl (C=O) groups is 2. The summed E-state index contributed by atoms with van der Waals surface area (Å²) in [6.07, 6.45) is 8.20. The normalized spacial score (nSPS) is 11.5. The molecule has 4 aromatic rings. The smallest absolute Gasteiger partial charge is 0.363 e. The third kappa shape index (κ3) is 20.3. The van der Waals surface area contributed by atoms with Crippen molar-refractivity contribution in [2.75, 3.05) is 22.9 Å². The van der Waals surface area contributed by atoms with Crippen molar-refractivity contribution >= 4 is 23.2 Å². The molecule has 2 atom stereocenters. The third-order valence-corrected chi connectivity index (χ3v) is 8.86. The Hall–Kier alpha value is -3.49. The molecule has 2 amide bonds. The minimum absolute atomic E-state index is 0. The largest absolute Gasteiger partial charge is 4.00 e. The minimum Gasteiger partial charge on any atom is -0.363 e. The Bertz CT molecular complexity index is 1390. The van der Waals surface area contributed by atoms with Gasteiger partial charge in [-0.1, -0.05) is 93.9 Å². The first-order chi connectivity index (χ1) is 25.8. The van der Waals surface area contributed by atoms with Gasteiger partial charge in [-0.2, -0.15) is 36.4 Å². The minimum atomic E-state index is -0.806. The Labute approximate surface area is 344 Å². The van der Waals surface area contributed by atoms with Crippen molar-refractivity contribution in [3.63, 3.8) is 0 Å². The maximum atomic E-state index is 14.0. The van der Waals surface area contributed by atoms with Gasteiger partial charge in [0, 0.05) is 48.2 Å². The molecule has 0 radical (unpaired) electrons. The summed E-state index contributed by atoms with van der Waals surface area (Å²) in [5.74, 6) is -3.27. The van der Waals surface area contributed by atoms with Crippen LogP contribution >= 0.6 is 0 Å². The van der Waals surface area contributed by atoms with E-state index in [0.717, 1.165) is 63.5 Å². The average molecular weight is 799 g/mol. The van der Waals surface area contributed by atoms with Crippen molar-refractivity contribution in [2.24, 2.45) is 23.7 Å². The van der Waals surface area contributed by atoms with Crippen molar-refractivity contribution in [3.05, 3.63) is 120 Å². The molecule has 4 nitrogen and oxygen atoms in total. The molecular formula is C46H62F4N2O2Ti. The zero-order valence-electron chi connectivity index (χ0n) is 34.2. The zero-order valence-corrected chi connectivity index (χ0v) is 35.7. The summed E-state index contributed by atoms with van der Waals surface area (Å²) in [4.78, 5) is 27.8. The maximum Gasteiger partial charge on any atom is 4.00 e. The SMILES string of the molecule is CCCCC(CC)CN(C(=O)C(C)C)c1ccc(F)[c-]c1F.CCCCC(CC)CN(C(=O)C(C)C)c1ccc(F)[c-]c1F.[Ti+4].c1cc[cH-]c1.c1cc[cH-]c1. The molecule has 4 aromatic carbocycles. The van der Waals surface area contributed by atoms with Crippen LogP contribution < -0.4 is 9.80 Å². The van der Waals surface area contributed by atoms with Crippen LogP contribution in [0, 0.1) is 59.1 Å². The van der Waals surface area contributed by atoms with Crippen molar-refractivity contribution in [3.8, 4) is 0 Å². The summed E-state index contributed by atoms with van der Waals surface area (Å²) < 4.78 is 54.2. The van der Waals surface area contributed by atoms with Crippen LogP contribution in [0.15, 0.2) is 84.9 Å². The standard InChI is InChI=1S/2C18H26F2NO.2C5H5.Ti/c2*1-5-7-8-14(6-2)12-21(18(22)13(3)4)17-10-9-15(19)11-16(17)20;2*1-2-4-5-3-1;/h2*9-10,13-14H,5-8,12H2,1-4H3;2*1-5H;/q4*-1;+4. The molecule has 0 bridgehead atoms. The van der Waals surface area contributed by atoms with E-state index in [9.17, 15) is 27.2 Å². The van der Waals surface area contributed by atoms with Gasteiger partial charge in [-0.3, -0.25) is 9.59 Å². The number of hydrogen-bond donors (Lipinski definition) is 0. The molecule has 0 aliphatic rings. The summed E-state index contributed by atoms with van der Waals surface area (Å²) >= 11 is 0. The number of carbonyl (C=O) groups excluding carboxylic acids is 2. The molecule has 0 saturated carbocycles. The second kappa shape index (κ2) is 29.8. The van der Waals surface area contributed by atoms with Crippen LogP contribution in [-0.2, 0) is 31.3 Å². The average Bonchev–Trinajstić information content (AvgIpc) is 3.93. The first-order valence-corrected chi connectivity index (χ1v) is 19.5. The second-order valence-corrected chi connectivity index (χ2v) is 14.0. The van der Waals surface area contributed by atoms with Crippen LogP contribution in [0.25, 0.3) is 0 Å². The molecule has 0 heterocycles. The molecule has 0 spiro atoms. The molecular weight excluding hydrogens is 736 g/mol. The Morgan fingerprint density at radius 1 is 0.600 bits per heavy atom. The van der Waals surface area contributed by atoms with Crippen LogP contribution in [0.4, 0.5) is 28.9 Å². The number of rotatable bonds is 16. The van der Waals surface area contributed by atoms with Gasteiger partial charge < -0.3 is 9.80 Å². The van der Waals surface area contributed by atoms with E-state index in [0.29, 0.717) is 24.9 Å². The first kappa shape index (κ1) is 51.5. The monoisotopic (exact) mass is 798 g/mol. The predicted molar refractivity (Wildman–Crippen MR) is 215 cm³/mol. The van der Waals surface area contributed by atoms with Crippen LogP contribution in [0.1, 0.15) is 107 Å². The van der Waals surface area contributed by atoms with E-state index in [1.54, 1.807) is 27.7 Å². The number of amides is 2. The molecule has 0 aliphatic heterocycles. The van der Waals surface area contributed by atoms with Crippen molar-refractivity contribution < 1.29 is 48.9 Å². The van der Waals surface area contributed by atoms with E-state index >= 15 is 0 Å². The fourth-order valence-electron chi connectivity index (χ4n) is 5.52. The molecule has 300 valence electrons. The zero-order chi connectivity index (χ0) is 40.5. The van der Waals surface area contributed by atoms with Gasteiger partial charge in [0.05, 0.1) is 0 Å². The second-order valence-electron chi connectivity index (χ2n) is 14.0. The van der Waals surface area contributed by atoms with E-state index < -0.39 is 23.3 Å². The van der Waals surface area contributed by atoms with Gasteiger partial charge in [0.2, 0.25) is 11.8 Å². The third-order valence-electron chi connectivity index (χ3n) is 8.86. The number of halogens is 4. The van der Waals surface area contributed by atoms with Gasteiger partial charge in [-0.25, -0.2) is 41.8 Å². The molecule has 9 heteroatoms. The van der Waals surface area contributed by atoms with Gasteiger partial charge >= 0.3 is 21.7 Å². The Morgan fingerprint density at radius 3 is 1.15 bits per heavy atom. The summed E-state index contributed by atoms with van der Waals surface area (Å²) in [5, 5.41) is 0. The Balaban J connectivity index is 0.000000828. The Kier molecular flexibility index (Phi) is 27.9. The van der Waals surface area contributed by atoms with Crippen molar-refractivity contribution in [1.82, 2.24) is 0 Å². The van der Waals surface area contributed by atoms with Crippen molar-refractivity contribution in [2.45, 2.75) is 107 Å². The molecule has 2 unspecified atom stereocenters. The van der Waals surface area contributed by atoms with E-state index in [1.165, 1.54) is 21.9 Å². The molecule has 0 N–H and O–H groups in total. The molecule has 55 heavy (non-hydrogen) atoms. The summed E-state index contributed by atoms with van der Waals surface area (Å²) in [6, 6.07) is 29.0. The summed E-state index contributed by atoms with van der Waals surface area (Å²) in [7, 11) is 0. The fraction of sp³-hybridized carbons (Fsp3) is 0.478. The van der Waals surface area contributed by atoms with Gasteiger partial charge in [-0.15, -0.1) is 36.4 Å². The molecule has 0 aliphatic carbocycles. The van der Waals surface area contributed by atoms with Gasteiger partial charge in [-0.05, 0) is 36.1 Å². The van der Waals surface area contributed by atoms with Crippen LogP contribution in [0.3, 0.4) is 0 Å². The van der Waals surface area contributed by atoms with Crippen LogP contribution in [0.2, 0.25) is 0 Å². The van der Waals surface area contributed by atoms with E-state index in [1.807, 2.05) is 72.8 Å². The van der Waals surface area contributed by atoms with Gasteiger partial charge in [0.25, 0.3) is 0 Å². The first-order valence-electron chi connectivity index (χ1n) is 19.5. The summed E-state index contributed by atoms with van der Waals surface area (Å²) in [5.41, 5.74) is 0.241. The maximum absolute atomic E-state index is 14.0. The fourth-order valence-corrected chi connectivity index (χ4v) is 5.52. The quantitative estimate of drug-likeness (QED) is 0.0643. The number of unbranched alkanes of at least 4 members (excludes halogenated alkanes) is 2. The summed E-state index contributed by atoms with van der Waals surface area (Å²) in [6.45, 7) is 16.5. The molecule has 0 saturated heterocycles. The number of anilines is 2. The molecule has 0 aromatic heterocycles. The Morgan fingerprint density at radius 2 is 0.927 bits per heavy atom. The van der Waals surface area contributed by atoms with Crippen molar-refractivity contribution in [1.29, 1.82) is 0 Å². The van der Waals surface area contributed by atoms with Crippen LogP contribution in [0.5, 0.6) is 0 Å². The number of hydrogen-bond acceptors (Lipinski definition) is 2. The van der Waals surface area contributed by atoms with Gasteiger partial charge in [0.15, 0.2) is 0 Å². The number of nitrogens with zero attached hydrogens (tertiary/aromatic N) is 2. The van der Waals surface area contributed by atoms with Gasteiger partial charge in [0.1, 0.15) is 0 Å². The number of benzene rings is 2. The van der Waals surface area contributed by atoms with E-state index in [-0.39, 0.29) is 56.7 Å². The molecule has 0 fully saturated rings. The van der Waals surface area contributed by atoms with E-state index in [4.69, 9.17) is 0 Å². The topological polar surface area (TPSA) is 40.6 Å². The van der Waals surface area contributed by atoms with Crippen LogP contribution in [-0.4, -0.2) is 24.9 Å². The predicted octanol–water partition coefficient (Wildman–Crippen LogP) is 12.7.